The van der Waals surface area contributed by atoms with E-state index in [-0.39, 0.29) is 17.7 Å². The molecule has 4 rings (SSSR count). The van der Waals surface area contributed by atoms with Crippen LogP contribution >= 0.6 is 0 Å². The Morgan fingerprint density at radius 3 is 2.69 bits per heavy atom. The summed E-state index contributed by atoms with van der Waals surface area (Å²) in [4.78, 5) is 14.7. The van der Waals surface area contributed by atoms with Gasteiger partial charge < -0.3 is 20.3 Å². The van der Waals surface area contributed by atoms with E-state index in [0.29, 0.717) is 18.7 Å². The standard InChI is InChI=1S/C22H27FN4O4S/c23-19-5-1-2-6-21(19)32(29,30)26-16-7-8-20(27-11-9-24-10-12-27)18(14-16)22(28)25-15-17-4-3-13-31-17/h1-2,5-8,14,17,24,26H,3-4,9-13,15H2,(H,25,28)/t17-/m0/s1. The summed E-state index contributed by atoms with van der Waals surface area (Å²) in [5.74, 6) is -1.15. The Morgan fingerprint density at radius 2 is 1.97 bits per heavy atom. The van der Waals surface area contributed by atoms with Gasteiger partial charge in [0, 0.05) is 50.7 Å². The molecule has 0 bridgehead atoms. The number of rotatable bonds is 7. The molecule has 2 aromatic carbocycles. The number of sulfonamides is 1. The Bertz CT molecular complexity index is 1070. The fourth-order valence-corrected chi connectivity index (χ4v) is 5.07. The van der Waals surface area contributed by atoms with Crippen molar-refractivity contribution >= 4 is 27.3 Å². The highest BCUT2D eigenvalue weighted by molar-refractivity contribution is 7.92. The van der Waals surface area contributed by atoms with Gasteiger partial charge >= 0.3 is 0 Å². The molecule has 0 aliphatic carbocycles. The highest BCUT2D eigenvalue weighted by atomic mass is 32.2. The second-order valence-electron chi connectivity index (χ2n) is 7.85. The lowest BCUT2D eigenvalue weighted by atomic mass is 10.1. The molecular formula is C22H27FN4O4S. The van der Waals surface area contributed by atoms with E-state index in [1.165, 1.54) is 24.3 Å². The Kier molecular flexibility index (Phi) is 6.92. The number of nitrogens with zero attached hydrogens (tertiary/aromatic N) is 1. The van der Waals surface area contributed by atoms with Crippen LogP contribution in [-0.4, -0.2) is 59.8 Å². The SMILES string of the molecule is O=C(NC[C@@H]1CCCO1)c1cc(NS(=O)(=O)c2ccccc2F)ccc1N1CCNCC1. The minimum Gasteiger partial charge on any atom is -0.376 e. The molecule has 2 aliphatic heterocycles. The summed E-state index contributed by atoms with van der Waals surface area (Å²) < 4.78 is 47.4. The summed E-state index contributed by atoms with van der Waals surface area (Å²) in [6, 6.07) is 9.98. The summed E-state index contributed by atoms with van der Waals surface area (Å²) in [5.41, 5.74) is 1.28. The van der Waals surface area contributed by atoms with E-state index in [0.717, 1.165) is 50.8 Å². The lowest BCUT2D eigenvalue weighted by Crippen LogP contribution is -2.44. The van der Waals surface area contributed by atoms with Crippen molar-refractivity contribution in [2.45, 2.75) is 23.8 Å². The van der Waals surface area contributed by atoms with Crippen LogP contribution in [0.25, 0.3) is 0 Å². The van der Waals surface area contributed by atoms with Crippen LogP contribution in [0.2, 0.25) is 0 Å². The van der Waals surface area contributed by atoms with Crippen LogP contribution in [0.1, 0.15) is 23.2 Å². The normalized spacial score (nSPS) is 19.0. The highest BCUT2D eigenvalue weighted by Crippen LogP contribution is 2.27. The number of ether oxygens (including phenoxy) is 1. The number of hydrogen-bond donors (Lipinski definition) is 3. The van der Waals surface area contributed by atoms with E-state index in [1.807, 2.05) is 0 Å². The summed E-state index contributed by atoms with van der Waals surface area (Å²) in [6.07, 6.45) is 1.86. The molecule has 2 saturated heterocycles. The number of amides is 1. The van der Waals surface area contributed by atoms with Gasteiger partial charge in [0.2, 0.25) is 0 Å². The molecule has 32 heavy (non-hydrogen) atoms. The molecule has 3 N–H and O–H groups in total. The molecule has 0 radical (unpaired) electrons. The molecule has 10 heteroatoms. The molecule has 2 fully saturated rings. The van der Waals surface area contributed by atoms with E-state index in [9.17, 15) is 17.6 Å². The fourth-order valence-electron chi connectivity index (χ4n) is 3.94. The summed E-state index contributed by atoms with van der Waals surface area (Å²) >= 11 is 0. The Labute approximate surface area is 187 Å². The number of piperazine rings is 1. The third kappa shape index (κ3) is 5.20. The minimum absolute atomic E-state index is 0.00988. The average Bonchev–Trinajstić information content (AvgIpc) is 3.32. The Balaban J connectivity index is 1.60. The summed E-state index contributed by atoms with van der Waals surface area (Å²) in [5, 5.41) is 6.18. The van der Waals surface area contributed by atoms with E-state index >= 15 is 0 Å². The van der Waals surface area contributed by atoms with E-state index in [2.05, 4.69) is 20.3 Å². The predicted molar refractivity (Wildman–Crippen MR) is 120 cm³/mol. The van der Waals surface area contributed by atoms with Crippen molar-refractivity contribution in [1.29, 1.82) is 0 Å². The van der Waals surface area contributed by atoms with Gasteiger partial charge in [-0.15, -0.1) is 0 Å². The van der Waals surface area contributed by atoms with E-state index < -0.39 is 20.7 Å². The second kappa shape index (κ2) is 9.85. The van der Waals surface area contributed by atoms with Crippen LogP contribution in [0.5, 0.6) is 0 Å². The van der Waals surface area contributed by atoms with Crippen molar-refractivity contribution in [2.24, 2.45) is 0 Å². The molecule has 0 spiro atoms. The first kappa shape index (κ1) is 22.5. The van der Waals surface area contributed by atoms with Gasteiger partial charge in [-0.3, -0.25) is 9.52 Å². The molecule has 0 unspecified atom stereocenters. The zero-order valence-electron chi connectivity index (χ0n) is 17.6. The van der Waals surface area contributed by atoms with Gasteiger partial charge in [0.05, 0.1) is 11.7 Å². The number of nitrogens with one attached hydrogen (secondary N) is 3. The molecule has 0 aromatic heterocycles. The fraction of sp³-hybridized carbons (Fsp3) is 0.409. The lowest BCUT2D eigenvalue weighted by Gasteiger charge is -2.31. The van der Waals surface area contributed by atoms with Crippen molar-refractivity contribution < 1.29 is 22.3 Å². The smallest absolute Gasteiger partial charge is 0.264 e. The zero-order chi connectivity index (χ0) is 22.6. The number of carbonyl (C=O) groups is 1. The maximum absolute atomic E-state index is 14.0. The van der Waals surface area contributed by atoms with Crippen molar-refractivity contribution in [2.75, 3.05) is 49.0 Å². The molecular weight excluding hydrogens is 435 g/mol. The monoisotopic (exact) mass is 462 g/mol. The molecule has 2 aromatic rings. The molecule has 172 valence electrons. The van der Waals surface area contributed by atoms with Crippen LogP contribution in [0.3, 0.4) is 0 Å². The van der Waals surface area contributed by atoms with Crippen LogP contribution in [-0.2, 0) is 14.8 Å². The van der Waals surface area contributed by atoms with Crippen molar-refractivity contribution in [1.82, 2.24) is 10.6 Å². The van der Waals surface area contributed by atoms with Gasteiger partial charge in [-0.2, -0.15) is 0 Å². The highest BCUT2D eigenvalue weighted by Gasteiger charge is 2.23. The summed E-state index contributed by atoms with van der Waals surface area (Å²) in [6.45, 7) is 4.13. The van der Waals surface area contributed by atoms with Crippen molar-refractivity contribution in [3.05, 3.63) is 53.8 Å². The topological polar surface area (TPSA) is 99.8 Å². The predicted octanol–water partition coefficient (Wildman–Crippen LogP) is 1.94. The average molecular weight is 463 g/mol. The largest absolute Gasteiger partial charge is 0.376 e. The van der Waals surface area contributed by atoms with Crippen LogP contribution < -0.4 is 20.3 Å². The number of halogens is 1. The molecule has 8 nitrogen and oxygen atoms in total. The Hall–Kier alpha value is -2.69. The number of benzene rings is 2. The quantitative estimate of drug-likeness (QED) is 0.582. The summed E-state index contributed by atoms with van der Waals surface area (Å²) in [7, 11) is -4.15. The molecule has 1 amide bonds. The van der Waals surface area contributed by atoms with E-state index in [4.69, 9.17) is 4.74 Å². The zero-order valence-corrected chi connectivity index (χ0v) is 18.5. The Morgan fingerprint density at radius 1 is 1.19 bits per heavy atom. The molecule has 2 heterocycles. The first-order valence-corrected chi connectivity index (χ1v) is 12.2. The number of anilines is 2. The van der Waals surface area contributed by atoms with Crippen molar-refractivity contribution in [3.8, 4) is 0 Å². The van der Waals surface area contributed by atoms with E-state index in [1.54, 1.807) is 12.1 Å². The molecule has 1 atom stereocenters. The van der Waals surface area contributed by atoms with Crippen molar-refractivity contribution in [3.63, 3.8) is 0 Å². The first-order chi connectivity index (χ1) is 15.4. The maximum Gasteiger partial charge on any atom is 0.264 e. The minimum atomic E-state index is -4.15. The first-order valence-electron chi connectivity index (χ1n) is 10.7. The number of carbonyl (C=O) groups excluding carboxylic acids is 1. The maximum atomic E-state index is 14.0. The third-order valence-corrected chi connectivity index (χ3v) is 7.01. The van der Waals surface area contributed by atoms with Gasteiger partial charge in [0.25, 0.3) is 15.9 Å². The van der Waals surface area contributed by atoms with Crippen LogP contribution in [0.4, 0.5) is 15.8 Å². The van der Waals surface area contributed by atoms with Crippen LogP contribution in [0.15, 0.2) is 47.4 Å². The van der Waals surface area contributed by atoms with Crippen LogP contribution in [0, 0.1) is 5.82 Å². The van der Waals surface area contributed by atoms with Gasteiger partial charge in [-0.1, -0.05) is 12.1 Å². The van der Waals surface area contributed by atoms with Gasteiger partial charge in [0.1, 0.15) is 10.7 Å². The molecule has 0 saturated carbocycles. The van der Waals surface area contributed by atoms with Gasteiger partial charge in [-0.05, 0) is 43.2 Å². The molecule has 2 aliphatic rings. The third-order valence-electron chi connectivity index (χ3n) is 5.59. The lowest BCUT2D eigenvalue weighted by molar-refractivity contribution is 0.0858. The number of hydrogen-bond acceptors (Lipinski definition) is 6. The van der Waals surface area contributed by atoms with Gasteiger partial charge in [0.15, 0.2) is 0 Å². The second-order valence-corrected chi connectivity index (χ2v) is 9.50. The van der Waals surface area contributed by atoms with Gasteiger partial charge in [-0.25, -0.2) is 12.8 Å².